The number of carbonyl (C=O) groups excluding carboxylic acids is 1. The number of hydrogen-bond acceptors (Lipinski definition) is 5. The molecule has 90 valence electrons. The normalized spacial score (nSPS) is 10.0. The molecule has 0 aliphatic rings. The van der Waals surface area contributed by atoms with Crippen molar-refractivity contribution in [1.82, 2.24) is 9.88 Å². The second kappa shape index (κ2) is 6.61. The maximum atomic E-state index is 11.0. The number of nitriles is 1. The molecule has 0 amide bonds. The highest BCUT2D eigenvalue weighted by Gasteiger charge is 2.05. The topological polar surface area (TPSA) is 66.2 Å². The van der Waals surface area contributed by atoms with Crippen molar-refractivity contribution in [3.8, 4) is 6.07 Å². The van der Waals surface area contributed by atoms with E-state index in [1.807, 2.05) is 24.1 Å². The van der Waals surface area contributed by atoms with Gasteiger partial charge in [-0.15, -0.1) is 0 Å². The van der Waals surface area contributed by atoms with Gasteiger partial charge in [0.15, 0.2) is 0 Å². The van der Waals surface area contributed by atoms with Crippen molar-refractivity contribution < 1.29 is 9.53 Å². The lowest BCUT2D eigenvalue weighted by atomic mass is 10.2. The second-order valence-corrected chi connectivity index (χ2v) is 3.73. The zero-order valence-corrected chi connectivity index (χ0v) is 10.0. The van der Waals surface area contributed by atoms with Crippen LogP contribution < -0.4 is 0 Å². The molecule has 0 aliphatic heterocycles. The molecule has 0 spiro atoms. The number of nitrogens with zero attached hydrogens (tertiary/aromatic N) is 3. The van der Waals surface area contributed by atoms with E-state index in [-0.39, 0.29) is 5.97 Å². The summed E-state index contributed by atoms with van der Waals surface area (Å²) in [7, 11) is 3.29. The first-order valence-corrected chi connectivity index (χ1v) is 5.26. The molecule has 1 aromatic heterocycles. The van der Waals surface area contributed by atoms with Gasteiger partial charge < -0.3 is 9.64 Å². The van der Waals surface area contributed by atoms with Gasteiger partial charge in [0, 0.05) is 19.3 Å². The predicted molar refractivity (Wildman–Crippen MR) is 61.9 cm³/mol. The number of carbonyl (C=O) groups is 1. The van der Waals surface area contributed by atoms with E-state index in [4.69, 9.17) is 5.26 Å². The third kappa shape index (κ3) is 4.62. The van der Waals surface area contributed by atoms with Gasteiger partial charge in [-0.2, -0.15) is 5.26 Å². The van der Waals surface area contributed by atoms with Crippen LogP contribution in [0.1, 0.15) is 17.7 Å². The lowest BCUT2D eigenvalue weighted by Crippen LogP contribution is -2.21. The highest BCUT2D eigenvalue weighted by molar-refractivity contribution is 5.69. The molecule has 1 aromatic rings. The molecule has 0 aliphatic carbocycles. The first-order chi connectivity index (χ1) is 8.15. The summed E-state index contributed by atoms with van der Waals surface area (Å²) < 4.78 is 4.57. The van der Waals surface area contributed by atoms with E-state index in [1.165, 1.54) is 7.11 Å². The van der Waals surface area contributed by atoms with Crippen LogP contribution in [0.15, 0.2) is 18.3 Å². The summed E-state index contributed by atoms with van der Waals surface area (Å²) in [5.41, 5.74) is 1.41. The highest BCUT2D eigenvalue weighted by Crippen LogP contribution is 2.04. The summed E-state index contributed by atoms with van der Waals surface area (Å²) in [6, 6.07) is 5.60. The Morgan fingerprint density at radius 1 is 1.65 bits per heavy atom. The number of ether oxygens (including phenoxy) is 1. The summed E-state index contributed by atoms with van der Waals surface area (Å²) in [5, 5.41) is 8.72. The quantitative estimate of drug-likeness (QED) is 0.708. The average Bonchev–Trinajstić information content (AvgIpc) is 2.36. The zero-order chi connectivity index (χ0) is 12.7. The van der Waals surface area contributed by atoms with Crippen molar-refractivity contribution in [3.05, 3.63) is 29.6 Å². The molecule has 17 heavy (non-hydrogen) atoms. The molecule has 0 atom stereocenters. The van der Waals surface area contributed by atoms with E-state index in [2.05, 4.69) is 9.72 Å². The minimum absolute atomic E-state index is 0.218. The fourth-order valence-corrected chi connectivity index (χ4v) is 1.41. The summed E-state index contributed by atoms with van der Waals surface area (Å²) in [6.45, 7) is 1.30. The highest BCUT2D eigenvalue weighted by atomic mass is 16.5. The number of hydrogen-bond donors (Lipinski definition) is 0. The third-order valence-corrected chi connectivity index (χ3v) is 2.32. The monoisotopic (exact) mass is 233 g/mol. The van der Waals surface area contributed by atoms with E-state index in [0.717, 1.165) is 5.56 Å². The second-order valence-electron chi connectivity index (χ2n) is 3.73. The minimum Gasteiger partial charge on any atom is -0.469 e. The van der Waals surface area contributed by atoms with Crippen LogP contribution in [0.2, 0.25) is 0 Å². The molecule has 0 aromatic carbocycles. The van der Waals surface area contributed by atoms with Crippen LogP contribution in [-0.4, -0.2) is 36.6 Å². The fourth-order valence-electron chi connectivity index (χ4n) is 1.41. The van der Waals surface area contributed by atoms with Crippen LogP contribution in [0.3, 0.4) is 0 Å². The van der Waals surface area contributed by atoms with Gasteiger partial charge in [0.2, 0.25) is 0 Å². The van der Waals surface area contributed by atoms with Crippen LogP contribution in [-0.2, 0) is 16.1 Å². The molecular formula is C12H15N3O2. The Bertz CT molecular complexity index is 426. The Morgan fingerprint density at radius 3 is 3.06 bits per heavy atom. The maximum absolute atomic E-state index is 11.0. The standard InChI is InChI=1S/C12H15N3O2/c1-15(6-4-12(16)17-2)9-10-3-5-14-11(7-10)8-13/h3,5,7H,4,6,9H2,1-2H3. The van der Waals surface area contributed by atoms with Gasteiger partial charge in [-0.25, -0.2) is 4.98 Å². The molecule has 0 N–H and O–H groups in total. The van der Waals surface area contributed by atoms with Crippen LogP contribution >= 0.6 is 0 Å². The molecule has 1 heterocycles. The third-order valence-electron chi connectivity index (χ3n) is 2.32. The smallest absolute Gasteiger partial charge is 0.306 e. The van der Waals surface area contributed by atoms with Crippen LogP contribution in [0.5, 0.6) is 0 Å². The Balaban J connectivity index is 2.47. The Hall–Kier alpha value is -1.93. The van der Waals surface area contributed by atoms with Gasteiger partial charge >= 0.3 is 5.97 Å². The van der Waals surface area contributed by atoms with E-state index >= 15 is 0 Å². The maximum Gasteiger partial charge on any atom is 0.306 e. The molecule has 5 nitrogen and oxygen atoms in total. The number of aromatic nitrogens is 1. The molecule has 0 radical (unpaired) electrons. The molecule has 5 heteroatoms. The number of esters is 1. The Kier molecular flexibility index (Phi) is 5.11. The average molecular weight is 233 g/mol. The van der Waals surface area contributed by atoms with Crippen LogP contribution in [0.25, 0.3) is 0 Å². The van der Waals surface area contributed by atoms with Crippen molar-refractivity contribution in [3.63, 3.8) is 0 Å². The summed E-state index contributed by atoms with van der Waals surface area (Å²) in [4.78, 5) is 16.9. The summed E-state index contributed by atoms with van der Waals surface area (Å²) in [5.74, 6) is -0.218. The lowest BCUT2D eigenvalue weighted by molar-refractivity contribution is -0.140. The van der Waals surface area contributed by atoms with Gasteiger partial charge in [-0.3, -0.25) is 4.79 Å². The first-order valence-electron chi connectivity index (χ1n) is 5.26. The zero-order valence-electron chi connectivity index (χ0n) is 10.0. The van der Waals surface area contributed by atoms with Crippen LogP contribution in [0.4, 0.5) is 0 Å². The molecule has 0 saturated heterocycles. The molecule has 1 rings (SSSR count). The van der Waals surface area contributed by atoms with Crippen molar-refractivity contribution >= 4 is 5.97 Å². The van der Waals surface area contributed by atoms with Crippen molar-refractivity contribution in [2.45, 2.75) is 13.0 Å². The van der Waals surface area contributed by atoms with E-state index in [9.17, 15) is 4.79 Å². The van der Waals surface area contributed by atoms with Crippen molar-refractivity contribution in [2.24, 2.45) is 0 Å². The number of rotatable bonds is 5. The van der Waals surface area contributed by atoms with E-state index in [0.29, 0.717) is 25.2 Å². The molecule has 0 fully saturated rings. The summed E-state index contributed by atoms with van der Waals surface area (Å²) >= 11 is 0. The van der Waals surface area contributed by atoms with E-state index in [1.54, 1.807) is 12.3 Å². The number of methoxy groups -OCH3 is 1. The molecule has 0 unspecified atom stereocenters. The Labute approximate surface area is 101 Å². The SMILES string of the molecule is COC(=O)CCN(C)Cc1ccnc(C#N)c1. The van der Waals surface area contributed by atoms with Gasteiger partial charge in [0.25, 0.3) is 0 Å². The fraction of sp³-hybridized carbons (Fsp3) is 0.417. The first kappa shape index (κ1) is 13.1. The van der Waals surface area contributed by atoms with Gasteiger partial charge in [0.05, 0.1) is 13.5 Å². The Morgan fingerprint density at radius 2 is 2.41 bits per heavy atom. The van der Waals surface area contributed by atoms with E-state index < -0.39 is 0 Å². The molecule has 0 saturated carbocycles. The van der Waals surface area contributed by atoms with Gasteiger partial charge in [-0.1, -0.05) is 0 Å². The van der Waals surface area contributed by atoms with Crippen molar-refractivity contribution in [2.75, 3.05) is 20.7 Å². The molecule has 0 bridgehead atoms. The van der Waals surface area contributed by atoms with Crippen LogP contribution in [0, 0.1) is 11.3 Å². The summed E-state index contributed by atoms with van der Waals surface area (Å²) in [6.07, 6.45) is 1.98. The molecular weight excluding hydrogens is 218 g/mol. The minimum atomic E-state index is -0.218. The van der Waals surface area contributed by atoms with Crippen molar-refractivity contribution in [1.29, 1.82) is 5.26 Å². The number of pyridine rings is 1. The lowest BCUT2D eigenvalue weighted by Gasteiger charge is -2.15. The predicted octanol–water partition coefficient (Wildman–Crippen LogP) is 0.948. The van der Waals surface area contributed by atoms with Gasteiger partial charge in [-0.05, 0) is 24.7 Å². The largest absolute Gasteiger partial charge is 0.469 e. The van der Waals surface area contributed by atoms with Gasteiger partial charge in [0.1, 0.15) is 11.8 Å².